The van der Waals surface area contributed by atoms with Gasteiger partial charge in [0.05, 0.1) is 37.0 Å². The van der Waals surface area contributed by atoms with Crippen molar-refractivity contribution in [2.45, 2.75) is 13.0 Å². The number of carbonyl (C=O) groups is 1. The van der Waals surface area contributed by atoms with Crippen LogP contribution in [0.2, 0.25) is 0 Å². The Morgan fingerprint density at radius 2 is 1.73 bits per heavy atom. The molecule has 0 unspecified atom stereocenters. The maximum absolute atomic E-state index is 12.9. The monoisotopic (exact) mass is 495 g/mol. The summed E-state index contributed by atoms with van der Waals surface area (Å²) >= 11 is 0. The standard InChI is InChI=1S/C30H26FN3O3/c31-24-10-6-21(7-11-24)19-37-15-14-33-29(35)16-20-4-8-22(9-5-20)25-2-1-3-26(30(25)36)27-17-23-12-13-32-18-28(23)34-27/h1-13,17-18,34,36H,14-16,19H2,(H,33,35). The molecule has 0 atom stereocenters. The Kier molecular flexibility index (Phi) is 7.23. The van der Waals surface area contributed by atoms with Crippen LogP contribution in [0, 0.1) is 5.82 Å². The maximum atomic E-state index is 12.9. The molecule has 1 amide bonds. The van der Waals surface area contributed by atoms with Gasteiger partial charge in [-0.25, -0.2) is 4.39 Å². The average Bonchev–Trinajstić information content (AvgIpc) is 3.34. The number of pyridine rings is 1. The molecule has 0 spiro atoms. The Labute approximate surface area is 213 Å². The molecule has 37 heavy (non-hydrogen) atoms. The minimum atomic E-state index is -0.280. The van der Waals surface area contributed by atoms with Crippen LogP contribution in [0.3, 0.4) is 0 Å². The van der Waals surface area contributed by atoms with Gasteiger partial charge in [-0.05, 0) is 47.0 Å². The molecule has 3 aromatic carbocycles. The van der Waals surface area contributed by atoms with E-state index in [9.17, 15) is 14.3 Å². The minimum Gasteiger partial charge on any atom is -0.507 e. The number of ether oxygens (including phenoxy) is 1. The lowest BCUT2D eigenvalue weighted by atomic mass is 9.98. The van der Waals surface area contributed by atoms with E-state index in [0.717, 1.165) is 33.3 Å². The molecule has 0 bridgehead atoms. The number of H-pyrrole nitrogens is 1. The maximum Gasteiger partial charge on any atom is 0.224 e. The minimum absolute atomic E-state index is 0.101. The third-order valence-corrected chi connectivity index (χ3v) is 6.13. The van der Waals surface area contributed by atoms with Crippen molar-refractivity contribution in [2.24, 2.45) is 0 Å². The molecule has 0 saturated heterocycles. The van der Waals surface area contributed by atoms with Crippen molar-refractivity contribution in [1.82, 2.24) is 15.3 Å². The zero-order valence-electron chi connectivity index (χ0n) is 20.1. The molecule has 3 N–H and O–H groups in total. The van der Waals surface area contributed by atoms with Crippen molar-refractivity contribution in [2.75, 3.05) is 13.2 Å². The second-order valence-corrected chi connectivity index (χ2v) is 8.75. The first-order valence-corrected chi connectivity index (χ1v) is 12.0. The van der Waals surface area contributed by atoms with Crippen molar-refractivity contribution in [3.8, 4) is 28.1 Å². The van der Waals surface area contributed by atoms with E-state index in [2.05, 4.69) is 15.3 Å². The molecule has 5 aromatic rings. The number of fused-ring (bicyclic) bond motifs is 1. The molecule has 2 aromatic heterocycles. The van der Waals surface area contributed by atoms with Crippen molar-refractivity contribution in [3.05, 3.63) is 108 Å². The van der Waals surface area contributed by atoms with Crippen LogP contribution in [-0.4, -0.2) is 34.1 Å². The topological polar surface area (TPSA) is 87.2 Å². The van der Waals surface area contributed by atoms with Gasteiger partial charge in [0.15, 0.2) is 0 Å². The predicted molar refractivity (Wildman–Crippen MR) is 141 cm³/mol. The summed E-state index contributed by atoms with van der Waals surface area (Å²) in [6, 6.07) is 23.3. The van der Waals surface area contributed by atoms with Crippen LogP contribution in [0.25, 0.3) is 33.3 Å². The fraction of sp³-hybridized carbons (Fsp3) is 0.133. The molecule has 0 saturated carbocycles. The predicted octanol–water partition coefficient (Wildman–Crippen LogP) is 5.62. The lowest BCUT2D eigenvalue weighted by Crippen LogP contribution is -2.28. The van der Waals surface area contributed by atoms with E-state index in [1.165, 1.54) is 12.1 Å². The number of carbonyl (C=O) groups excluding carboxylic acids is 1. The Bertz CT molecular complexity index is 1480. The fourth-order valence-electron chi connectivity index (χ4n) is 4.19. The Hall–Kier alpha value is -4.49. The first-order valence-electron chi connectivity index (χ1n) is 12.0. The fourth-order valence-corrected chi connectivity index (χ4v) is 4.19. The van der Waals surface area contributed by atoms with Crippen molar-refractivity contribution in [1.29, 1.82) is 0 Å². The molecule has 5 rings (SSSR count). The van der Waals surface area contributed by atoms with Gasteiger partial charge in [0, 0.05) is 29.3 Å². The number of aromatic nitrogens is 2. The summed E-state index contributed by atoms with van der Waals surface area (Å²) in [5.74, 6) is -0.192. The van der Waals surface area contributed by atoms with Gasteiger partial charge in [-0.2, -0.15) is 0 Å². The normalized spacial score (nSPS) is 11.1. The second kappa shape index (κ2) is 11.1. The van der Waals surface area contributed by atoms with Gasteiger partial charge in [-0.15, -0.1) is 0 Å². The number of benzene rings is 3. The quantitative estimate of drug-likeness (QED) is 0.232. The van der Waals surface area contributed by atoms with Crippen LogP contribution in [0.15, 0.2) is 91.3 Å². The molecular formula is C30H26FN3O3. The third kappa shape index (κ3) is 5.85. The number of aromatic amines is 1. The highest BCUT2D eigenvalue weighted by atomic mass is 19.1. The van der Waals surface area contributed by atoms with Crippen LogP contribution < -0.4 is 5.32 Å². The number of nitrogens with one attached hydrogen (secondary N) is 2. The number of aromatic hydroxyl groups is 1. The summed E-state index contributed by atoms with van der Waals surface area (Å²) < 4.78 is 18.5. The summed E-state index contributed by atoms with van der Waals surface area (Å²) in [5.41, 5.74) is 5.75. The van der Waals surface area contributed by atoms with Crippen LogP contribution in [0.4, 0.5) is 4.39 Å². The van der Waals surface area contributed by atoms with E-state index in [0.29, 0.717) is 30.9 Å². The van der Waals surface area contributed by atoms with E-state index in [4.69, 9.17) is 4.74 Å². The van der Waals surface area contributed by atoms with E-state index in [1.54, 1.807) is 24.5 Å². The first-order chi connectivity index (χ1) is 18.1. The summed E-state index contributed by atoms with van der Waals surface area (Å²) in [4.78, 5) is 19.8. The SMILES string of the molecule is O=C(Cc1ccc(-c2cccc(-c3cc4ccncc4[nH]3)c2O)cc1)NCCOCc1ccc(F)cc1. The Morgan fingerprint density at radius 3 is 2.51 bits per heavy atom. The van der Waals surface area contributed by atoms with Gasteiger partial charge in [-0.1, -0.05) is 48.5 Å². The number of hydrogen-bond donors (Lipinski definition) is 3. The largest absolute Gasteiger partial charge is 0.507 e. The molecule has 0 radical (unpaired) electrons. The molecule has 2 heterocycles. The number of para-hydroxylation sites is 1. The van der Waals surface area contributed by atoms with Gasteiger partial charge < -0.3 is 20.1 Å². The number of phenols is 1. The van der Waals surface area contributed by atoms with Crippen LogP contribution in [0.5, 0.6) is 5.75 Å². The molecule has 0 fully saturated rings. The average molecular weight is 496 g/mol. The van der Waals surface area contributed by atoms with E-state index >= 15 is 0 Å². The van der Waals surface area contributed by atoms with Crippen LogP contribution in [-0.2, 0) is 22.6 Å². The van der Waals surface area contributed by atoms with Gasteiger partial charge in [-0.3, -0.25) is 9.78 Å². The molecular weight excluding hydrogens is 469 g/mol. The Balaban J connectivity index is 1.16. The van der Waals surface area contributed by atoms with Crippen molar-refractivity contribution in [3.63, 3.8) is 0 Å². The zero-order valence-corrected chi connectivity index (χ0v) is 20.1. The van der Waals surface area contributed by atoms with Gasteiger partial charge >= 0.3 is 0 Å². The second-order valence-electron chi connectivity index (χ2n) is 8.75. The van der Waals surface area contributed by atoms with Crippen molar-refractivity contribution >= 4 is 16.8 Å². The zero-order chi connectivity index (χ0) is 25.6. The number of phenolic OH excluding ortho intramolecular Hbond substituents is 1. The number of nitrogens with zero attached hydrogens (tertiary/aromatic N) is 1. The Morgan fingerprint density at radius 1 is 0.973 bits per heavy atom. The smallest absolute Gasteiger partial charge is 0.224 e. The number of hydrogen-bond acceptors (Lipinski definition) is 4. The molecule has 0 aliphatic heterocycles. The van der Waals surface area contributed by atoms with E-state index in [-0.39, 0.29) is 23.9 Å². The summed E-state index contributed by atoms with van der Waals surface area (Å²) in [6.07, 6.45) is 3.74. The van der Waals surface area contributed by atoms with E-state index < -0.39 is 0 Å². The molecule has 186 valence electrons. The number of amides is 1. The van der Waals surface area contributed by atoms with E-state index in [1.807, 2.05) is 54.6 Å². The highest BCUT2D eigenvalue weighted by molar-refractivity contribution is 5.89. The molecule has 0 aliphatic rings. The van der Waals surface area contributed by atoms with Crippen LogP contribution in [0.1, 0.15) is 11.1 Å². The number of halogens is 1. The van der Waals surface area contributed by atoms with Gasteiger partial charge in [0.1, 0.15) is 11.6 Å². The van der Waals surface area contributed by atoms with Crippen molar-refractivity contribution < 1.29 is 19.0 Å². The molecule has 7 heteroatoms. The molecule has 6 nitrogen and oxygen atoms in total. The number of rotatable bonds is 9. The van der Waals surface area contributed by atoms with Gasteiger partial charge in [0.25, 0.3) is 0 Å². The lowest BCUT2D eigenvalue weighted by molar-refractivity contribution is -0.120. The highest BCUT2D eigenvalue weighted by Gasteiger charge is 2.13. The lowest BCUT2D eigenvalue weighted by Gasteiger charge is -2.10. The van der Waals surface area contributed by atoms with Crippen LogP contribution >= 0.6 is 0 Å². The first kappa shape index (κ1) is 24.2. The third-order valence-electron chi connectivity index (χ3n) is 6.13. The summed E-state index contributed by atoms with van der Waals surface area (Å²) in [6.45, 7) is 1.12. The van der Waals surface area contributed by atoms with Gasteiger partial charge in [0.2, 0.25) is 5.91 Å². The summed E-state index contributed by atoms with van der Waals surface area (Å²) in [5, 5.41) is 14.9. The molecule has 0 aliphatic carbocycles. The summed E-state index contributed by atoms with van der Waals surface area (Å²) in [7, 11) is 0. The highest BCUT2D eigenvalue weighted by Crippen LogP contribution is 2.38.